The summed E-state index contributed by atoms with van der Waals surface area (Å²) in [5, 5.41) is 0. The molecule has 28 heavy (non-hydrogen) atoms. The molecular formula is C22H25NO5. The number of methoxy groups -OCH3 is 1. The molecule has 0 fully saturated rings. The van der Waals surface area contributed by atoms with Crippen molar-refractivity contribution < 1.29 is 23.7 Å². The molecule has 3 rings (SSSR count). The van der Waals surface area contributed by atoms with E-state index in [1.54, 1.807) is 25.3 Å². The number of nitrogens with two attached hydrogens (primary N) is 1. The summed E-state index contributed by atoms with van der Waals surface area (Å²) in [6, 6.07) is 8.81. The van der Waals surface area contributed by atoms with Crippen LogP contribution >= 0.6 is 0 Å². The molecule has 1 aliphatic rings. The van der Waals surface area contributed by atoms with E-state index in [4.69, 9.17) is 24.7 Å². The maximum absolute atomic E-state index is 13.1. The van der Waals surface area contributed by atoms with E-state index in [1.165, 1.54) is 0 Å². The molecule has 2 N–H and O–H groups in total. The molecule has 148 valence electrons. The summed E-state index contributed by atoms with van der Waals surface area (Å²) in [6.07, 6.45) is 3.35. The summed E-state index contributed by atoms with van der Waals surface area (Å²) in [6.45, 7) is 4.56. The fourth-order valence-electron chi connectivity index (χ4n) is 3.10. The molecule has 2 aromatic carbocycles. The number of benzene rings is 2. The Hall–Kier alpha value is -3.15. The van der Waals surface area contributed by atoms with Gasteiger partial charge in [-0.1, -0.05) is 13.3 Å². The number of Topliss-reactive ketones (excluding diaryl/α,β-unsaturated/α-hetero) is 1. The number of anilines is 1. The van der Waals surface area contributed by atoms with Gasteiger partial charge in [-0.2, -0.15) is 0 Å². The van der Waals surface area contributed by atoms with Crippen LogP contribution in [0.5, 0.6) is 23.0 Å². The van der Waals surface area contributed by atoms with Gasteiger partial charge < -0.3 is 24.7 Å². The maximum Gasteiger partial charge on any atom is 0.231 e. The van der Waals surface area contributed by atoms with E-state index < -0.39 is 0 Å². The highest BCUT2D eigenvalue weighted by molar-refractivity contribution is 6.11. The van der Waals surface area contributed by atoms with Gasteiger partial charge >= 0.3 is 0 Å². The number of hydrogen-bond donors (Lipinski definition) is 1. The molecule has 2 aromatic rings. The number of nitrogen functional groups attached to an aromatic ring is 1. The lowest BCUT2D eigenvalue weighted by atomic mass is 9.97. The molecule has 1 aliphatic heterocycles. The first-order valence-corrected chi connectivity index (χ1v) is 9.32. The number of carbonyl (C=O) groups is 1. The van der Waals surface area contributed by atoms with Gasteiger partial charge in [0.1, 0.15) is 5.75 Å². The van der Waals surface area contributed by atoms with E-state index in [0.29, 0.717) is 52.8 Å². The summed E-state index contributed by atoms with van der Waals surface area (Å²) < 4.78 is 21.8. The zero-order chi connectivity index (χ0) is 20.1. The Morgan fingerprint density at radius 2 is 2.00 bits per heavy atom. The van der Waals surface area contributed by atoms with Gasteiger partial charge in [0.2, 0.25) is 12.5 Å². The first-order valence-electron chi connectivity index (χ1n) is 9.32. The minimum atomic E-state index is -0.0561. The fourth-order valence-corrected chi connectivity index (χ4v) is 3.10. The number of allylic oxidation sites excluding steroid dienone is 1. The molecule has 1 heterocycles. The molecule has 0 bridgehead atoms. The Morgan fingerprint density at radius 3 is 2.71 bits per heavy atom. The van der Waals surface area contributed by atoms with Crippen molar-refractivity contribution in [1.29, 1.82) is 0 Å². The Morgan fingerprint density at radius 1 is 1.18 bits per heavy atom. The Bertz CT molecular complexity index is 904. The predicted molar refractivity (Wildman–Crippen MR) is 108 cm³/mol. The van der Waals surface area contributed by atoms with Crippen LogP contribution in [0.3, 0.4) is 0 Å². The zero-order valence-corrected chi connectivity index (χ0v) is 16.4. The number of carbonyl (C=O) groups excluding carboxylic acids is 1. The molecule has 0 aliphatic carbocycles. The van der Waals surface area contributed by atoms with Gasteiger partial charge in [-0.05, 0) is 55.3 Å². The minimum absolute atomic E-state index is 0.0561. The smallest absolute Gasteiger partial charge is 0.231 e. The SMILES string of the molecule is CCCC(=Cc1cc(OC)c2c(c1)OCO2)C(=O)c1ccc(N)c(OCC)c1. The van der Waals surface area contributed by atoms with E-state index in [9.17, 15) is 4.79 Å². The number of ether oxygens (including phenoxy) is 4. The van der Waals surface area contributed by atoms with E-state index in [1.807, 2.05) is 32.1 Å². The normalized spacial score (nSPS) is 12.8. The van der Waals surface area contributed by atoms with E-state index in [2.05, 4.69) is 0 Å². The van der Waals surface area contributed by atoms with Crippen molar-refractivity contribution in [2.24, 2.45) is 0 Å². The lowest BCUT2D eigenvalue weighted by Gasteiger charge is -2.11. The second kappa shape index (κ2) is 8.69. The molecular weight excluding hydrogens is 358 g/mol. The van der Waals surface area contributed by atoms with Crippen LogP contribution in [0, 0.1) is 0 Å². The Balaban J connectivity index is 1.97. The summed E-state index contributed by atoms with van der Waals surface area (Å²) in [7, 11) is 1.58. The maximum atomic E-state index is 13.1. The van der Waals surface area contributed by atoms with Crippen LogP contribution in [-0.2, 0) is 0 Å². The van der Waals surface area contributed by atoms with Gasteiger partial charge in [-0.15, -0.1) is 0 Å². The highest BCUT2D eigenvalue weighted by atomic mass is 16.7. The molecule has 0 saturated heterocycles. The van der Waals surface area contributed by atoms with Gasteiger partial charge in [0.05, 0.1) is 19.4 Å². The second-order valence-electron chi connectivity index (χ2n) is 6.39. The third-order valence-electron chi connectivity index (χ3n) is 4.41. The van der Waals surface area contributed by atoms with Crippen LogP contribution in [-0.4, -0.2) is 26.3 Å². The average Bonchev–Trinajstić information content (AvgIpc) is 3.17. The van der Waals surface area contributed by atoms with Crippen molar-refractivity contribution in [3.05, 3.63) is 47.0 Å². The average molecular weight is 383 g/mol. The summed E-state index contributed by atoms with van der Waals surface area (Å²) in [4.78, 5) is 13.1. The monoisotopic (exact) mass is 383 g/mol. The molecule has 0 atom stereocenters. The minimum Gasteiger partial charge on any atom is -0.493 e. The van der Waals surface area contributed by atoms with Gasteiger partial charge in [0.25, 0.3) is 0 Å². The van der Waals surface area contributed by atoms with Crippen molar-refractivity contribution in [3.8, 4) is 23.0 Å². The third kappa shape index (κ3) is 4.06. The van der Waals surface area contributed by atoms with Gasteiger partial charge in [0.15, 0.2) is 17.3 Å². The lowest BCUT2D eigenvalue weighted by Crippen LogP contribution is -2.06. The van der Waals surface area contributed by atoms with Crippen molar-refractivity contribution in [2.75, 3.05) is 26.2 Å². The van der Waals surface area contributed by atoms with Crippen LogP contribution in [0.2, 0.25) is 0 Å². The Kier molecular flexibility index (Phi) is 6.09. The van der Waals surface area contributed by atoms with Crippen molar-refractivity contribution in [1.82, 2.24) is 0 Å². The van der Waals surface area contributed by atoms with Crippen LogP contribution in [0.25, 0.3) is 6.08 Å². The van der Waals surface area contributed by atoms with Gasteiger partial charge in [-0.3, -0.25) is 4.79 Å². The molecule has 0 radical (unpaired) electrons. The molecule has 0 saturated carbocycles. The van der Waals surface area contributed by atoms with Crippen molar-refractivity contribution in [2.45, 2.75) is 26.7 Å². The lowest BCUT2D eigenvalue weighted by molar-refractivity contribution is 0.103. The number of ketones is 1. The molecule has 0 aromatic heterocycles. The number of rotatable bonds is 8. The topological polar surface area (TPSA) is 80.0 Å². The summed E-state index contributed by atoms with van der Waals surface area (Å²) in [5.41, 5.74) is 8.50. The molecule has 0 unspecified atom stereocenters. The molecule has 0 amide bonds. The summed E-state index contributed by atoms with van der Waals surface area (Å²) in [5.74, 6) is 2.24. The van der Waals surface area contributed by atoms with Gasteiger partial charge in [0, 0.05) is 11.1 Å². The predicted octanol–water partition coefficient (Wildman–Crippen LogP) is 4.47. The largest absolute Gasteiger partial charge is 0.493 e. The Labute approximate surface area is 164 Å². The van der Waals surface area contributed by atoms with Crippen LogP contribution in [0.15, 0.2) is 35.9 Å². The second-order valence-corrected chi connectivity index (χ2v) is 6.39. The first kappa shape index (κ1) is 19.6. The fraction of sp³-hybridized carbons (Fsp3) is 0.318. The van der Waals surface area contributed by atoms with Crippen molar-refractivity contribution >= 4 is 17.5 Å². The quantitative estimate of drug-likeness (QED) is 0.411. The highest BCUT2D eigenvalue weighted by Gasteiger charge is 2.20. The van der Waals surface area contributed by atoms with Crippen LogP contribution in [0.1, 0.15) is 42.6 Å². The van der Waals surface area contributed by atoms with Crippen LogP contribution < -0.4 is 24.7 Å². The first-order chi connectivity index (χ1) is 13.6. The summed E-state index contributed by atoms with van der Waals surface area (Å²) >= 11 is 0. The third-order valence-corrected chi connectivity index (χ3v) is 4.41. The molecule has 0 spiro atoms. The number of hydrogen-bond acceptors (Lipinski definition) is 6. The zero-order valence-electron chi connectivity index (χ0n) is 16.4. The molecule has 6 nitrogen and oxygen atoms in total. The van der Waals surface area contributed by atoms with Gasteiger partial charge in [-0.25, -0.2) is 0 Å². The number of fused-ring (bicyclic) bond motifs is 1. The van der Waals surface area contributed by atoms with E-state index in [-0.39, 0.29) is 12.6 Å². The van der Waals surface area contributed by atoms with E-state index >= 15 is 0 Å². The highest BCUT2D eigenvalue weighted by Crippen LogP contribution is 2.42. The van der Waals surface area contributed by atoms with E-state index in [0.717, 1.165) is 12.0 Å². The van der Waals surface area contributed by atoms with Crippen molar-refractivity contribution in [3.63, 3.8) is 0 Å². The standard InChI is InChI=1S/C22H25NO5/c1-4-6-15(21(24)16-7-8-17(23)18(12-16)26-5-2)9-14-10-19(25-3)22-20(11-14)27-13-28-22/h7-12H,4-6,13,23H2,1-3H3. The molecule has 6 heteroatoms. The van der Waals surface area contributed by atoms with Crippen LogP contribution in [0.4, 0.5) is 5.69 Å².